The minimum absolute atomic E-state index is 0.129. The fourth-order valence-corrected chi connectivity index (χ4v) is 4.94. The molecule has 1 aliphatic rings. The Morgan fingerprint density at radius 2 is 1.71 bits per heavy atom. The Hall–Kier alpha value is -2.92. The van der Waals surface area contributed by atoms with Gasteiger partial charge in [-0.1, -0.05) is 23.7 Å². The molecule has 0 unspecified atom stereocenters. The molecule has 0 aliphatic carbocycles. The zero-order chi connectivity index (χ0) is 25.2. The number of hydrogen-bond acceptors (Lipinski definition) is 6. The largest absolute Gasteiger partial charge is 0.451 e. The third kappa shape index (κ3) is 6.21. The molecular weight excluding hydrogens is 508 g/mol. The molecule has 1 aliphatic heterocycles. The van der Waals surface area contributed by atoms with Gasteiger partial charge in [-0.3, -0.25) is 10.1 Å². The lowest BCUT2D eigenvalue weighted by Crippen LogP contribution is -2.48. The first-order valence-electron chi connectivity index (χ1n) is 10.9. The van der Waals surface area contributed by atoms with Gasteiger partial charge in [0.2, 0.25) is 10.0 Å². The molecule has 4 rings (SSSR count). The lowest BCUT2D eigenvalue weighted by atomic mass is 10.1. The van der Waals surface area contributed by atoms with Crippen molar-refractivity contribution in [2.75, 3.05) is 42.7 Å². The molecule has 2 N–H and O–H groups in total. The van der Waals surface area contributed by atoms with Gasteiger partial charge in [0, 0.05) is 48.1 Å². The second kappa shape index (κ2) is 10.4. The molecule has 11 heteroatoms. The summed E-state index contributed by atoms with van der Waals surface area (Å²) in [5, 5.41) is 6.36. The first-order valence-corrected chi connectivity index (χ1v) is 13.5. The highest BCUT2D eigenvalue weighted by atomic mass is 35.5. The average molecular weight is 533 g/mol. The van der Waals surface area contributed by atoms with Crippen LogP contribution in [-0.4, -0.2) is 56.2 Å². The number of nitrogens with zero attached hydrogens (tertiary/aromatic N) is 2. The highest BCUT2D eigenvalue weighted by molar-refractivity contribution is 7.88. The standard InChI is InChI=1S/C24H25ClN4O4S2/c1-16-3-4-17(15-20(16)25)21-9-10-22(33-21)23(30)27-24(34)26-18-5-7-19(8-6-18)28-11-13-29(14-12-28)35(2,31)32/h3-10,15H,11-14H2,1-2H3,(H2,26,27,30,34). The summed E-state index contributed by atoms with van der Waals surface area (Å²) in [4.78, 5) is 14.7. The van der Waals surface area contributed by atoms with Crippen LogP contribution in [-0.2, 0) is 10.0 Å². The van der Waals surface area contributed by atoms with E-state index in [1.807, 2.05) is 43.3 Å². The number of nitrogens with one attached hydrogen (secondary N) is 2. The van der Waals surface area contributed by atoms with Gasteiger partial charge >= 0.3 is 0 Å². The number of furan rings is 1. The van der Waals surface area contributed by atoms with E-state index in [-0.39, 0.29) is 10.9 Å². The number of anilines is 2. The first-order chi connectivity index (χ1) is 16.6. The predicted octanol–water partition coefficient (Wildman–Crippen LogP) is 4.12. The normalized spacial score (nSPS) is 14.5. The Morgan fingerprint density at radius 3 is 2.34 bits per heavy atom. The third-order valence-corrected chi connectivity index (χ3v) is 7.63. The number of rotatable bonds is 5. The summed E-state index contributed by atoms with van der Waals surface area (Å²) < 4.78 is 30.5. The molecule has 3 aromatic rings. The van der Waals surface area contributed by atoms with Crippen molar-refractivity contribution < 1.29 is 17.6 Å². The van der Waals surface area contributed by atoms with Gasteiger partial charge in [-0.15, -0.1) is 0 Å². The number of piperazine rings is 1. The molecule has 0 saturated carbocycles. The molecule has 0 atom stereocenters. The van der Waals surface area contributed by atoms with E-state index in [0.717, 1.165) is 16.8 Å². The van der Waals surface area contributed by atoms with E-state index < -0.39 is 15.9 Å². The highest BCUT2D eigenvalue weighted by Gasteiger charge is 2.23. The Morgan fingerprint density at radius 1 is 1.03 bits per heavy atom. The van der Waals surface area contributed by atoms with E-state index in [1.54, 1.807) is 18.2 Å². The molecule has 0 bridgehead atoms. The second-order valence-electron chi connectivity index (χ2n) is 8.23. The van der Waals surface area contributed by atoms with Crippen molar-refractivity contribution in [2.24, 2.45) is 0 Å². The van der Waals surface area contributed by atoms with Crippen LogP contribution in [0.1, 0.15) is 16.1 Å². The Labute approximate surface area is 214 Å². The molecule has 8 nitrogen and oxygen atoms in total. The molecular formula is C24H25ClN4O4S2. The van der Waals surface area contributed by atoms with Gasteiger partial charge in [-0.2, -0.15) is 4.31 Å². The molecule has 1 saturated heterocycles. The van der Waals surface area contributed by atoms with Crippen molar-refractivity contribution in [3.63, 3.8) is 0 Å². The number of thiocarbonyl (C=S) groups is 1. The number of halogens is 1. The van der Waals surface area contributed by atoms with E-state index in [4.69, 9.17) is 28.2 Å². The topological polar surface area (TPSA) is 94.9 Å². The van der Waals surface area contributed by atoms with Crippen molar-refractivity contribution >= 4 is 56.2 Å². The SMILES string of the molecule is Cc1ccc(-c2ccc(C(=O)NC(=S)Nc3ccc(N4CCN(S(C)(=O)=O)CC4)cc3)o2)cc1Cl. The summed E-state index contributed by atoms with van der Waals surface area (Å²) in [5.74, 6) is 0.195. The minimum atomic E-state index is -3.16. The number of benzene rings is 2. The van der Waals surface area contributed by atoms with E-state index in [1.165, 1.54) is 10.6 Å². The van der Waals surface area contributed by atoms with Crippen LogP contribution in [0.2, 0.25) is 5.02 Å². The second-order valence-corrected chi connectivity index (χ2v) is 11.0. The van der Waals surface area contributed by atoms with Gasteiger partial charge in [0.15, 0.2) is 10.9 Å². The van der Waals surface area contributed by atoms with E-state index in [0.29, 0.717) is 42.6 Å². The fraction of sp³-hybridized carbons (Fsp3) is 0.250. The fourth-order valence-electron chi connectivity index (χ4n) is 3.72. The molecule has 184 valence electrons. The van der Waals surface area contributed by atoms with Crippen LogP contribution in [0.25, 0.3) is 11.3 Å². The predicted molar refractivity (Wildman–Crippen MR) is 143 cm³/mol. The van der Waals surface area contributed by atoms with Gasteiger partial charge < -0.3 is 14.6 Å². The van der Waals surface area contributed by atoms with Crippen LogP contribution in [0.5, 0.6) is 0 Å². The summed E-state index contributed by atoms with van der Waals surface area (Å²) >= 11 is 11.5. The summed E-state index contributed by atoms with van der Waals surface area (Å²) in [6.45, 7) is 4.07. The van der Waals surface area contributed by atoms with Crippen LogP contribution >= 0.6 is 23.8 Å². The summed E-state index contributed by atoms with van der Waals surface area (Å²) in [6, 6.07) is 16.4. The van der Waals surface area contributed by atoms with Gasteiger partial charge in [0.05, 0.1) is 6.26 Å². The summed E-state index contributed by atoms with van der Waals surface area (Å²) in [5.41, 5.74) is 3.43. The van der Waals surface area contributed by atoms with Gasteiger partial charge in [0.1, 0.15) is 5.76 Å². The zero-order valence-electron chi connectivity index (χ0n) is 19.2. The lowest BCUT2D eigenvalue weighted by Gasteiger charge is -2.34. The van der Waals surface area contributed by atoms with Crippen LogP contribution < -0.4 is 15.5 Å². The first kappa shape index (κ1) is 25.2. The van der Waals surface area contributed by atoms with E-state index >= 15 is 0 Å². The van der Waals surface area contributed by atoms with Crippen molar-refractivity contribution in [1.82, 2.24) is 9.62 Å². The Kier molecular flexibility index (Phi) is 7.46. The number of hydrogen-bond donors (Lipinski definition) is 2. The van der Waals surface area contributed by atoms with E-state index in [2.05, 4.69) is 15.5 Å². The number of amides is 1. The molecule has 35 heavy (non-hydrogen) atoms. The van der Waals surface area contributed by atoms with Gasteiger partial charge in [-0.05, 0) is 67.2 Å². The van der Waals surface area contributed by atoms with Gasteiger partial charge in [0.25, 0.3) is 5.91 Å². The lowest BCUT2D eigenvalue weighted by molar-refractivity contribution is 0.0951. The zero-order valence-corrected chi connectivity index (χ0v) is 21.6. The van der Waals surface area contributed by atoms with Crippen LogP contribution in [0, 0.1) is 6.92 Å². The smallest absolute Gasteiger partial charge is 0.293 e. The maximum Gasteiger partial charge on any atom is 0.293 e. The maximum atomic E-state index is 12.6. The minimum Gasteiger partial charge on any atom is -0.451 e. The van der Waals surface area contributed by atoms with Crippen LogP contribution in [0.3, 0.4) is 0 Å². The number of sulfonamides is 1. The number of carbonyl (C=O) groups excluding carboxylic acids is 1. The molecule has 0 radical (unpaired) electrons. The Balaban J connectivity index is 1.31. The summed E-state index contributed by atoms with van der Waals surface area (Å²) in [7, 11) is -3.16. The highest BCUT2D eigenvalue weighted by Crippen LogP contribution is 2.27. The van der Waals surface area contributed by atoms with Crippen molar-refractivity contribution in [1.29, 1.82) is 0 Å². The van der Waals surface area contributed by atoms with Crippen molar-refractivity contribution in [3.05, 3.63) is 70.9 Å². The molecule has 1 amide bonds. The van der Waals surface area contributed by atoms with Crippen LogP contribution in [0.15, 0.2) is 59.0 Å². The Bertz CT molecular complexity index is 1350. The molecule has 2 aromatic carbocycles. The number of carbonyl (C=O) groups is 1. The molecule has 2 heterocycles. The average Bonchev–Trinajstić information content (AvgIpc) is 3.31. The molecule has 0 spiro atoms. The van der Waals surface area contributed by atoms with Crippen molar-refractivity contribution in [3.8, 4) is 11.3 Å². The summed E-state index contributed by atoms with van der Waals surface area (Å²) in [6.07, 6.45) is 1.23. The van der Waals surface area contributed by atoms with Crippen molar-refractivity contribution in [2.45, 2.75) is 6.92 Å². The molecule has 1 fully saturated rings. The molecule has 1 aromatic heterocycles. The third-order valence-electron chi connectivity index (χ3n) is 5.71. The number of aryl methyl sites for hydroxylation is 1. The van der Waals surface area contributed by atoms with E-state index in [9.17, 15) is 13.2 Å². The van der Waals surface area contributed by atoms with Gasteiger partial charge in [-0.25, -0.2) is 8.42 Å². The maximum absolute atomic E-state index is 12.6. The quantitative estimate of drug-likeness (QED) is 0.477. The monoisotopic (exact) mass is 532 g/mol. The van der Waals surface area contributed by atoms with Crippen LogP contribution in [0.4, 0.5) is 11.4 Å².